The minimum Gasteiger partial charge on any atom is -0.347 e. The van der Waals surface area contributed by atoms with E-state index < -0.39 is 10.8 Å². The topological polar surface area (TPSA) is 66.5 Å². The summed E-state index contributed by atoms with van der Waals surface area (Å²) in [6.45, 7) is 0.660. The molecule has 0 saturated carbocycles. The predicted molar refractivity (Wildman–Crippen MR) is 135 cm³/mol. The summed E-state index contributed by atoms with van der Waals surface area (Å²) in [6, 6.07) is 23.0. The van der Waals surface area contributed by atoms with E-state index >= 15 is 0 Å². The monoisotopic (exact) mass is 506 g/mol. The highest BCUT2D eigenvalue weighted by atomic mass is 35.5. The van der Waals surface area contributed by atoms with Crippen molar-refractivity contribution in [2.45, 2.75) is 22.9 Å². The standard InChI is InChI=1S/C26H19ClN2O3S2/c27-19-10-7-17(8-11-19)16-29-22-14-18(25(30)28-15-20-4-3-13-33-20)9-12-24(22)34(32)23-6-2-1-5-21(23)26(29)31/h1-14H,15-16H2,(H,28,30)/t34-/m1/s1. The first-order chi connectivity index (χ1) is 16.5. The zero-order valence-corrected chi connectivity index (χ0v) is 20.3. The smallest absolute Gasteiger partial charge is 0.259 e. The summed E-state index contributed by atoms with van der Waals surface area (Å²) in [4.78, 5) is 30.1. The van der Waals surface area contributed by atoms with Gasteiger partial charge in [0, 0.05) is 15.5 Å². The number of hydrogen-bond donors (Lipinski definition) is 1. The maximum absolute atomic E-state index is 13.6. The second-order valence-electron chi connectivity index (χ2n) is 7.73. The molecule has 0 unspecified atom stereocenters. The number of thiophene rings is 1. The van der Waals surface area contributed by atoms with E-state index in [0.717, 1.165) is 10.4 Å². The molecule has 0 bridgehead atoms. The van der Waals surface area contributed by atoms with Gasteiger partial charge in [-0.15, -0.1) is 11.3 Å². The Morgan fingerprint density at radius 2 is 1.76 bits per heavy atom. The highest BCUT2D eigenvalue weighted by molar-refractivity contribution is 7.85. The zero-order chi connectivity index (χ0) is 23.7. The van der Waals surface area contributed by atoms with Gasteiger partial charge in [-0.05, 0) is 59.5 Å². The molecular formula is C26H19ClN2O3S2. The van der Waals surface area contributed by atoms with E-state index in [9.17, 15) is 13.8 Å². The van der Waals surface area contributed by atoms with Crippen molar-refractivity contribution in [3.8, 4) is 0 Å². The van der Waals surface area contributed by atoms with Crippen LogP contribution in [0.4, 0.5) is 5.69 Å². The van der Waals surface area contributed by atoms with E-state index in [0.29, 0.717) is 38.2 Å². The molecule has 0 radical (unpaired) electrons. The normalized spacial score (nSPS) is 14.8. The van der Waals surface area contributed by atoms with Gasteiger partial charge in [0.2, 0.25) is 0 Å². The lowest BCUT2D eigenvalue weighted by molar-refractivity contribution is 0.0947. The summed E-state index contributed by atoms with van der Waals surface area (Å²) < 4.78 is 13.5. The minimum atomic E-state index is -1.57. The number of carbonyl (C=O) groups is 2. The first kappa shape index (κ1) is 22.5. The van der Waals surface area contributed by atoms with E-state index in [1.165, 1.54) is 0 Å². The molecule has 1 N–H and O–H groups in total. The number of halogens is 1. The quantitative estimate of drug-likeness (QED) is 0.380. The molecule has 5 rings (SSSR count). The Kier molecular flexibility index (Phi) is 6.32. The summed E-state index contributed by atoms with van der Waals surface area (Å²) >= 11 is 7.60. The molecule has 170 valence electrons. The van der Waals surface area contributed by atoms with Crippen molar-refractivity contribution in [1.29, 1.82) is 0 Å². The summed E-state index contributed by atoms with van der Waals surface area (Å²) in [7, 11) is -1.57. The van der Waals surface area contributed by atoms with Crippen molar-refractivity contribution in [3.05, 3.63) is 111 Å². The lowest BCUT2D eigenvalue weighted by atomic mass is 10.1. The van der Waals surface area contributed by atoms with Crippen molar-refractivity contribution in [2.24, 2.45) is 0 Å². The number of carbonyl (C=O) groups excluding carboxylic acids is 2. The molecule has 34 heavy (non-hydrogen) atoms. The summed E-state index contributed by atoms with van der Waals surface area (Å²) in [5, 5.41) is 5.47. The maximum Gasteiger partial charge on any atom is 0.259 e. The highest BCUT2D eigenvalue weighted by Crippen LogP contribution is 2.36. The molecule has 0 aliphatic carbocycles. The maximum atomic E-state index is 13.6. The lowest BCUT2D eigenvalue weighted by Gasteiger charge is -2.23. The van der Waals surface area contributed by atoms with Crippen LogP contribution < -0.4 is 10.2 Å². The van der Waals surface area contributed by atoms with Gasteiger partial charge in [0.15, 0.2) is 0 Å². The van der Waals surface area contributed by atoms with Crippen LogP contribution in [-0.2, 0) is 23.9 Å². The fraction of sp³-hybridized carbons (Fsp3) is 0.0769. The summed E-state index contributed by atoms with van der Waals surface area (Å²) in [5.41, 5.74) is 2.10. The molecule has 4 aromatic rings. The number of rotatable bonds is 5. The molecule has 1 aliphatic heterocycles. The van der Waals surface area contributed by atoms with Crippen molar-refractivity contribution in [2.75, 3.05) is 4.90 Å². The van der Waals surface area contributed by atoms with Crippen LogP contribution >= 0.6 is 22.9 Å². The SMILES string of the molecule is O=C(NCc1cccs1)c1ccc2c(c1)N(Cc1ccc(Cl)cc1)C(=O)c1ccccc1[S@]2=O. The number of anilines is 1. The molecule has 1 aromatic heterocycles. The Labute approximate surface area is 208 Å². The Morgan fingerprint density at radius 3 is 2.53 bits per heavy atom. The third-order valence-corrected chi connectivity index (χ3v) is 8.16. The van der Waals surface area contributed by atoms with Crippen LogP contribution in [0, 0.1) is 0 Å². The van der Waals surface area contributed by atoms with Gasteiger partial charge in [0.25, 0.3) is 11.8 Å². The number of fused-ring (bicyclic) bond motifs is 2. The van der Waals surface area contributed by atoms with Crippen molar-refractivity contribution < 1.29 is 13.8 Å². The van der Waals surface area contributed by atoms with E-state index in [1.807, 2.05) is 29.6 Å². The number of hydrogen-bond acceptors (Lipinski definition) is 4. The Hall–Kier alpha value is -3.26. The second kappa shape index (κ2) is 9.54. The molecule has 0 saturated heterocycles. The van der Waals surface area contributed by atoms with E-state index in [2.05, 4.69) is 5.32 Å². The van der Waals surface area contributed by atoms with Crippen LogP contribution in [0.15, 0.2) is 94.0 Å². The summed E-state index contributed by atoms with van der Waals surface area (Å²) in [5.74, 6) is -0.531. The lowest BCUT2D eigenvalue weighted by Crippen LogP contribution is -2.31. The first-order valence-corrected chi connectivity index (χ1v) is 12.9. The number of benzene rings is 3. The van der Waals surface area contributed by atoms with Gasteiger partial charge in [0.05, 0.1) is 44.9 Å². The van der Waals surface area contributed by atoms with E-state index in [1.54, 1.807) is 70.8 Å². The fourth-order valence-electron chi connectivity index (χ4n) is 3.82. The molecule has 0 fully saturated rings. The van der Waals surface area contributed by atoms with Gasteiger partial charge < -0.3 is 10.2 Å². The first-order valence-electron chi connectivity index (χ1n) is 10.5. The third-order valence-electron chi connectivity index (χ3n) is 5.53. The molecule has 5 nitrogen and oxygen atoms in total. The number of nitrogens with zero attached hydrogens (tertiary/aromatic N) is 1. The van der Waals surface area contributed by atoms with Gasteiger partial charge in [-0.1, -0.05) is 41.9 Å². The average molecular weight is 507 g/mol. The zero-order valence-electron chi connectivity index (χ0n) is 17.9. The molecule has 2 heterocycles. The fourth-order valence-corrected chi connectivity index (χ4v) is 5.93. The summed E-state index contributed by atoms with van der Waals surface area (Å²) in [6.07, 6.45) is 0. The molecule has 1 aliphatic rings. The van der Waals surface area contributed by atoms with Crippen LogP contribution in [-0.4, -0.2) is 16.0 Å². The van der Waals surface area contributed by atoms with Crippen LogP contribution in [0.2, 0.25) is 5.02 Å². The van der Waals surface area contributed by atoms with E-state index in [-0.39, 0.29) is 18.4 Å². The van der Waals surface area contributed by atoms with Gasteiger partial charge in [-0.2, -0.15) is 0 Å². The second-order valence-corrected chi connectivity index (χ2v) is 10.6. The van der Waals surface area contributed by atoms with Crippen LogP contribution in [0.1, 0.15) is 31.2 Å². The average Bonchev–Trinajstić information content (AvgIpc) is 3.37. The number of amides is 2. The molecule has 1 atom stereocenters. The van der Waals surface area contributed by atoms with Crippen molar-refractivity contribution in [3.63, 3.8) is 0 Å². The van der Waals surface area contributed by atoms with Gasteiger partial charge >= 0.3 is 0 Å². The Bertz CT molecular complexity index is 1400. The van der Waals surface area contributed by atoms with Crippen LogP contribution in [0.5, 0.6) is 0 Å². The van der Waals surface area contributed by atoms with Crippen molar-refractivity contribution in [1.82, 2.24) is 5.32 Å². The largest absolute Gasteiger partial charge is 0.347 e. The molecule has 2 amide bonds. The predicted octanol–water partition coefficient (Wildman–Crippen LogP) is 5.66. The van der Waals surface area contributed by atoms with Crippen molar-refractivity contribution >= 4 is 51.2 Å². The Morgan fingerprint density at radius 1 is 0.971 bits per heavy atom. The molecule has 0 spiro atoms. The molecule has 8 heteroatoms. The van der Waals surface area contributed by atoms with Gasteiger partial charge in [-0.3, -0.25) is 9.59 Å². The molecule has 3 aromatic carbocycles. The highest BCUT2D eigenvalue weighted by Gasteiger charge is 2.31. The van der Waals surface area contributed by atoms with Gasteiger partial charge in [0.1, 0.15) is 0 Å². The van der Waals surface area contributed by atoms with Crippen LogP contribution in [0.25, 0.3) is 0 Å². The minimum absolute atomic E-state index is 0.245. The van der Waals surface area contributed by atoms with Gasteiger partial charge in [-0.25, -0.2) is 4.21 Å². The number of nitrogens with one attached hydrogen (secondary N) is 1. The third kappa shape index (κ3) is 4.42. The van der Waals surface area contributed by atoms with E-state index in [4.69, 9.17) is 11.6 Å². The Balaban J connectivity index is 1.56. The van der Waals surface area contributed by atoms with Crippen LogP contribution in [0.3, 0.4) is 0 Å². The molecular weight excluding hydrogens is 488 g/mol.